The standard InChI is InChI=1S/C16H22O6/c17-13(22-11-7-3-4-8-11)9-12(15(18)19)14(16(20)21)10-5-1-2-6-10/h10-11H,1-9H2,(H,18,19)(H,20,21)/b14-12+. The van der Waals surface area contributed by atoms with Crippen LogP contribution in [0.25, 0.3) is 0 Å². The molecule has 0 heterocycles. The summed E-state index contributed by atoms with van der Waals surface area (Å²) in [4.78, 5) is 34.9. The van der Waals surface area contributed by atoms with Crippen molar-refractivity contribution in [2.75, 3.05) is 0 Å². The molecule has 0 aromatic heterocycles. The van der Waals surface area contributed by atoms with Gasteiger partial charge in [0, 0.05) is 0 Å². The highest BCUT2D eigenvalue weighted by molar-refractivity contribution is 6.02. The van der Waals surface area contributed by atoms with Gasteiger partial charge in [-0.3, -0.25) is 4.79 Å². The van der Waals surface area contributed by atoms with Gasteiger partial charge in [0.15, 0.2) is 0 Å². The number of carbonyl (C=O) groups excluding carboxylic acids is 1. The van der Waals surface area contributed by atoms with Gasteiger partial charge >= 0.3 is 17.9 Å². The van der Waals surface area contributed by atoms with Crippen LogP contribution in [-0.2, 0) is 19.1 Å². The Balaban J connectivity index is 2.14. The van der Waals surface area contributed by atoms with Crippen LogP contribution in [0.4, 0.5) is 0 Å². The van der Waals surface area contributed by atoms with Crippen LogP contribution >= 0.6 is 0 Å². The van der Waals surface area contributed by atoms with Gasteiger partial charge in [-0.05, 0) is 44.4 Å². The van der Waals surface area contributed by atoms with Crippen LogP contribution in [0.3, 0.4) is 0 Å². The number of carboxylic acid groups (broad SMARTS) is 2. The Morgan fingerprint density at radius 2 is 1.41 bits per heavy atom. The summed E-state index contributed by atoms with van der Waals surface area (Å²) in [6, 6.07) is 0. The SMILES string of the molecule is O=C(C/C(C(=O)O)=C(\C(=O)O)C1CCCC1)OC1CCCC1. The molecule has 2 N–H and O–H groups in total. The van der Waals surface area contributed by atoms with Gasteiger partial charge in [0.2, 0.25) is 0 Å². The summed E-state index contributed by atoms with van der Waals surface area (Å²) in [6.45, 7) is 0. The Morgan fingerprint density at radius 1 is 0.864 bits per heavy atom. The van der Waals surface area contributed by atoms with E-state index in [4.69, 9.17) is 4.74 Å². The fourth-order valence-electron chi connectivity index (χ4n) is 3.43. The average molecular weight is 310 g/mol. The highest BCUT2D eigenvalue weighted by Crippen LogP contribution is 2.34. The van der Waals surface area contributed by atoms with Crippen molar-refractivity contribution in [3.05, 3.63) is 11.1 Å². The highest BCUT2D eigenvalue weighted by Gasteiger charge is 2.32. The molecule has 2 rings (SSSR count). The molecule has 0 saturated heterocycles. The van der Waals surface area contributed by atoms with Crippen molar-refractivity contribution < 1.29 is 29.3 Å². The number of ether oxygens (including phenoxy) is 1. The summed E-state index contributed by atoms with van der Waals surface area (Å²) in [7, 11) is 0. The third-order valence-corrected chi connectivity index (χ3v) is 4.50. The number of carboxylic acids is 2. The molecule has 2 fully saturated rings. The number of hydrogen-bond acceptors (Lipinski definition) is 4. The second-order valence-corrected chi connectivity index (χ2v) is 6.06. The minimum absolute atomic E-state index is 0.117. The molecule has 0 radical (unpaired) electrons. The zero-order valence-corrected chi connectivity index (χ0v) is 12.5. The van der Waals surface area contributed by atoms with Crippen LogP contribution in [0.5, 0.6) is 0 Å². The third kappa shape index (κ3) is 4.08. The molecule has 0 aromatic carbocycles. The van der Waals surface area contributed by atoms with Gasteiger partial charge in [0.1, 0.15) is 6.10 Å². The van der Waals surface area contributed by atoms with E-state index in [-0.39, 0.29) is 23.2 Å². The number of aliphatic carboxylic acids is 2. The van der Waals surface area contributed by atoms with E-state index >= 15 is 0 Å². The molecule has 0 aliphatic heterocycles. The van der Waals surface area contributed by atoms with Crippen LogP contribution < -0.4 is 0 Å². The molecule has 22 heavy (non-hydrogen) atoms. The van der Waals surface area contributed by atoms with E-state index in [0.29, 0.717) is 12.8 Å². The number of carbonyl (C=O) groups is 3. The highest BCUT2D eigenvalue weighted by atomic mass is 16.5. The molecule has 0 spiro atoms. The molecule has 2 aliphatic rings. The first-order valence-corrected chi connectivity index (χ1v) is 7.88. The molecule has 0 bridgehead atoms. The van der Waals surface area contributed by atoms with Crippen LogP contribution in [0.2, 0.25) is 0 Å². The van der Waals surface area contributed by atoms with Crippen molar-refractivity contribution >= 4 is 17.9 Å². The number of esters is 1. The summed E-state index contributed by atoms with van der Waals surface area (Å²) in [5, 5.41) is 18.7. The summed E-state index contributed by atoms with van der Waals surface area (Å²) in [6.07, 6.45) is 6.09. The molecule has 6 nitrogen and oxygen atoms in total. The fourth-order valence-corrected chi connectivity index (χ4v) is 3.43. The second kappa shape index (κ2) is 7.42. The average Bonchev–Trinajstić information content (AvgIpc) is 3.10. The lowest BCUT2D eigenvalue weighted by Gasteiger charge is -2.16. The van der Waals surface area contributed by atoms with E-state index in [1.807, 2.05) is 0 Å². The molecule has 6 heteroatoms. The first-order chi connectivity index (χ1) is 10.5. The molecule has 0 unspecified atom stereocenters. The maximum Gasteiger partial charge on any atom is 0.332 e. The predicted octanol–water partition coefficient (Wildman–Crippen LogP) is 2.52. The van der Waals surface area contributed by atoms with E-state index < -0.39 is 24.3 Å². The monoisotopic (exact) mass is 310 g/mol. The van der Waals surface area contributed by atoms with Crippen LogP contribution in [0.15, 0.2) is 11.1 Å². The van der Waals surface area contributed by atoms with E-state index in [9.17, 15) is 24.6 Å². The quantitative estimate of drug-likeness (QED) is 0.577. The van der Waals surface area contributed by atoms with Gasteiger partial charge in [-0.2, -0.15) is 0 Å². The Bertz CT molecular complexity index is 481. The lowest BCUT2D eigenvalue weighted by atomic mass is 9.91. The van der Waals surface area contributed by atoms with Crippen molar-refractivity contribution in [2.45, 2.75) is 63.9 Å². The molecule has 0 amide bonds. The predicted molar refractivity (Wildman–Crippen MR) is 77.2 cm³/mol. The van der Waals surface area contributed by atoms with Crippen LogP contribution in [-0.4, -0.2) is 34.2 Å². The third-order valence-electron chi connectivity index (χ3n) is 4.50. The van der Waals surface area contributed by atoms with Gasteiger partial charge < -0.3 is 14.9 Å². The van der Waals surface area contributed by atoms with E-state index in [1.165, 1.54) is 0 Å². The van der Waals surface area contributed by atoms with Crippen molar-refractivity contribution in [2.24, 2.45) is 5.92 Å². The van der Waals surface area contributed by atoms with Crippen molar-refractivity contribution in [3.63, 3.8) is 0 Å². The van der Waals surface area contributed by atoms with E-state index in [1.54, 1.807) is 0 Å². The Morgan fingerprint density at radius 3 is 1.91 bits per heavy atom. The topological polar surface area (TPSA) is 101 Å². The maximum absolute atomic E-state index is 11.9. The molecule has 0 aromatic rings. The molecular formula is C16H22O6. The zero-order valence-electron chi connectivity index (χ0n) is 12.5. The van der Waals surface area contributed by atoms with Crippen LogP contribution in [0.1, 0.15) is 57.8 Å². The first-order valence-electron chi connectivity index (χ1n) is 7.88. The van der Waals surface area contributed by atoms with Crippen molar-refractivity contribution in [3.8, 4) is 0 Å². The van der Waals surface area contributed by atoms with E-state index in [2.05, 4.69) is 0 Å². The molecular weight excluding hydrogens is 288 g/mol. The van der Waals surface area contributed by atoms with Gasteiger partial charge in [0.25, 0.3) is 0 Å². The van der Waals surface area contributed by atoms with Gasteiger partial charge in [-0.15, -0.1) is 0 Å². The minimum Gasteiger partial charge on any atom is -0.478 e. The normalized spacial score (nSPS) is 20.7. The second-order valence-electron chi connectivity index (χ2n) is 6.06. The van der Waals surface area contributed by atoms with Crippen LogP contribution in [0, 0.1) is 5.92 Å². The fraction of sp³-hybridized carbons (Fsp3) is 0.688. The smallest absolute Gasteiger partial charge is 0.332 e. The largest absolute Gasteiger partial charge is 0.478 e. The summed E-state index contributed by atoms with van der Waals surface area (Å²) in [5.41, 5.74) is -0.434. The van der Waals surface area contributed by atoms with Gasteiger partial charge in [-0.1, -0.05) is 12.8 Å². The molecule has 122 valence electrons. The maximum atomic E-state index is 11.9. The van der Waals surface area contributed by atoms with Crippen molar-refractivity contribution in [1.82, 2.24) is 0 Å². The van der Waals surface area contributed by atoms with Crippen molar-refractivity contribution in [1.29, 1.82) is 0 Å². The summed E-state index contributed by atoms with van der Waals surface area (Å²) >= 11 is 0. The lowest BCUT2D eigenvalue weighted by molar-refractivity contribution is -0.149. The molecule has 2 saturated carbocycles. The Labute approximate surface area is 129 Å². The van der Waals surface area contributed by atoms with Gasteiger partial charge in [-0.25, -0.2) is 9.59 Å². The zero-order chi connectivity index (χ0) is 16.1. The Hall–Kier alpha value is -1.85. The lowest BCUT2D eigenvalue weighted by Crippen LogP contribution is -2.22. The summed E-state index contributed by atoms with van der Waals surface area (Å²) < 4.78 is 5.26. The Kier molecular flexibility index (Phi) is 5.57. The van der Waals surface area contributed by atoms with E-state index in [0.717, 1.165) is 38.5 Å². The summed E-state index contributed by atoms with van der Waals surface area (Å²) in [5.74, 6) is -3.49. The molecule has 0 atom stereocenters. The minimum atomic E-state index is -1.34. The number of hydrogen-bond donors (Lipinski definition) is 2. The van der Waals surface area contributed by atoms with Gasteiger partial charge in [0.05, 0.1) is 17.6 Å². The first kappa shape index (κ1) is 16.5. The number of rotatable bonds is 6. The molecule has 2 aliphatic carbocycles.